The minimum absolute atomic E-state index is 0.0579. The third kappa shape index (κ3) is 2.15. The number of hydrogen-bond donors (Lipinski definition) is 1. The first-order valence-corrected chi connectivity index (χ1v) is 5.07. The lowest BCUT2D eigenvalue weighted by Crippen LogP contribution is -2.30. The minimum atomic E-state index is 0.0579. The Bertz CT molecular complexity index is 296. The molecule has 1 rings (SSSR count). The largest absolute Gasteiger partial charge is 0.322 e. The van der Waals surface area contributed by atoms with Crippen LogP contribution < -0.4 is 5.73 Å². The second-order valence-electron chi connectivity index (χ2n) is 5.06. The van der Waals surface area contributed by atoms with Crippen LogP contribution in [0.1, 0.15) is 39.4 Å². The van der Waals surface area contributed by atoms with Crippen LogP contribution in [0.15, 0.2) is 12.3 Å². The van der Waals surface area contributed by atoms with Crippen molar-refractivity contribution in [2.24, 2.45) is 24.1 Å². The summed E-state index contributed by atoms with van der Waals surface area (Å²) in [6, 6.07) is 2.05. The molecule has 80 valence electrons. The fourth-order valence-electron chi connectivity index (χ4n) is 1.51. The predicted molar refractivity (Wildman–Crippen MR) is 58.8 cm³/mol. The predicted octanol–water partition coefficient (Wildman–Crippen LogP) is 2.10. The normalized spacial score (nSPS) is 16.7. The second kappa shape index (κ2) is 3.73. The van der Waals surface area contributed by atoms with Gasteiger partial charge >= 0.3 is 0 Å². The Morgan fingerprint density at radius 2 is 2.00 bits per heavy atom. The monoisotopic (exact) mass is 195 g/mol. The molecule has 1 heterocycles. The molecule has 2 unspecified atom stereocenters. The van der Waals surface area contributed by atoms with Gasteiger partial charge in [-0.2, -0.15) is 5.10 Å². The summed E-state index contributed by atoms with van der Waals surface area (Å²) in [5.41, 5.74) is 7.54. The molecule has 0 radical (unpaired) electrons. The van der Waals surface area contributed by atoms with Gasteiger partial charge in [0, 0.05) is 19.3 Å². The number of rotatable bonds is 2. The first-order chi connectivity index (χ1) is 6.34. The van der Waals surface area contributed by atoms with Gasteiger partial charge in [-0.15, -0.1) is 0 Å². The number of nitrogens with two attached hydrogens (primary N) is 1. The van der Waals surface area contributed by atoms with Crippen molar-refractivity contribution in [2.45, 2.75) is 33.7 Å². The number of nitrogens with zero attached hydrogens (tertiary/aromatic N) is 2. The highest BCUT2D eigenvalue weighted by Gasteiger charge is 2.28. The molecular formula is C11H21N3. The molecule has 1 aromatic rings. The molecule has 2 atom stereocenters. The highest BCUT2D eigenvalue weighted by molar-refractivity contribution is 5.08. The van der Waals surface area contributed by atoms with Crippen LogP contribution in [-0.4, -0.2) is 9.78 Å². The Labute approximate surface area is 86.3 Å². The summed E-state index contributed by atoms with van der Waals surface area (Å²) < 4.78 is 1.85. The summed E-state index contributed by atoms with van der Waals surface area (Å²) in [7, 11) is 1.94. The van der Waals surface area contributed by atoms with Gasteiger partial charge in [-0.25, -0.2) is 0 Å². The van der Waals surface area contributed by atoms with Gasteiger partial charge in [-0.1, -0.05) is 27.7 Å². The van der Waals surface area contributed by atoms with Crippen molar-refractivity contribution in [3.63, 3.8) is 0 Å². The lowest BCUT2D eigenvalue weighted by atomic mass is 9.77. The number of aromatic nitrogens is 2. The highest BCUT2D eigenvalue weighted by Crippen LogP contribution is 2.33. The number of hydrogen-bond acceptors (Lipinski definition) is 2. The maximum Gasteiger partial charge on any atom is 0.0551 e. The summed E-state index contributed by atoms with van der Waals surface area (Å²) in [5, 5.41) is 4.14. The zero-order valence-corrected chi connectivity index (χ0v) is 9.78. The summed E-state index contributed by atoms with van der Waals surface area (Å²) in [6.45, 7) is 8.84. The van der Waals surface area contributed by atoms with E-state index in [1.807, 2.05) is 17.8 Å². The molecule has 3 heteroatoms. The quantitative estimate of drug-likeness (QED) is 0.785. The smallest absolute Gasteiger partial charge is 0.0551 e. The zero-order valence-electron chi connectivity index (χ0n) is 9.78. The van der Waals surface area contributed by atoms with Gasteiger partial charge in [0.15, 0.2) is 0 Å². The summed E-state index contributed by atoms with van der Waals surface area (Å²) in [6.07, 6.45) is 1.80. The van der Waals surface area contributed by atoms with E-state index < -0.39 is 0 Å². The lowest BCUT2D eigenvalue weighted by molar-refractivity contribution is 0.217. The zero-order chi connectivity index (χ0) is 10.9. The van der Waals surface area contributed by atoms with E-state index in [0.29, 0.717) is 5.92 Å². The summed E-state index contributed by atoms with van der Waals surface area (Å²) in [5.74, 6) is 0.429. The molecule has 0 bridgehead atoms. The molecule has 0 aliphatic rings. The van der Waals surface area contributed by atoms with Crippen molar-refractivity contribution in [3.8, 4) is 0 Å². The molecule has 0 aliphatic heterocycles. The van der Waals surface area contributed by atoms with E-state index in [1.54, 1.807) is 6.20 Å². The van der Waals surface area contributed by atoms with E-state index in [0.717, 1.165) is 5.69 Å². The van der Waals surface area contributed by atoms with Crippen LogP contribution in [0.3, 0.4) is 0 Å². The first kappa shape index (κ1) is 11.2. The van der Waals surface area contributed by atoms with Gasteiger partial charge in [-0.3, -0.25) is 4.68 Å². The molecule has 3 nitrogen and oxygen atoms in total. The Balaban J connectivity index is 2.86. The maximum absolute atomic E-state index is 6.21. The van der Waals surface area contributed by atoms with Gasteiger partial charge in [-0.05, 0) is 17.4 Å². The molecule has 0 saturated carbocycles. The standard InChI is InChI=1S/C11H21N3/c1-8(11(2,3)4)10(12)9-6-7-13-14(9)5/h6-8,10H,12H2,1-5H3. The van der Waals surface area contributed by atoms with Crippen LogP contribution in [0.4, 0.5) is 0 Å². The van der Waals surface area contributed by atoms with Crippen LogP contribution in [0.25, 0.3) is 0 Å². The van der Waals surface area contributed by atoms with E-state index in [9.17, 15) is 0 Å². The van der Waals surface area contributed by atoms with E-state index in [-0.39, 0.29) is 11.5 Å². The van der Waals surface area contributed by atoms with Gasteiger partial charge in [0.05, 0.1) is 5.69 Å². The molecule has 0 aromatic carbocycles. The van der Waals surface area contributed by atoms with E-state index >= 15 is 0 Å². The Kier molecular flexibility index (Phi) is 3.00. The lowest BCUT2D eigenvalue weighted by Gasteiger charge is -2.32. The molecular weight excluding hydrogens is 174 g/mol. The van der Waals surface area contributed by atoms with Gasteiger partial charge in [0.1, 0.15) is 0 Å². The van der Waals surface area contributed by atoms with Crippen LogP contribution in [0.5, 0.6) is 0 Å². The van der Waals surface area contributed by atoms with Crippen molar-refractivity contribution >= 4 is 0 Å². The summed E-state index contributed by atoms with van der Waals surface area (Å²) in [4.78, 5) is 0. The van der Waals surface area contributed by atoms with Crippen LogP contribution in [0.2, 0.25) is 0 Å². The number of aryl methyl sites for hydroxylation is 1. The fourth-order valence-corrected chi connectivity index (χ4v) is 1.51. The first-order valence-electron chi connectivity index (χ1n) is 5.07. The molecule has 14 heavy (non-hydrogen) atoms. The molecule has 0 fully saturated rings. The third-order valence-electron chi connectivity index (χ3n) is 3.11. The van der Waals surface area contributed by atoms with Crippen molar-refractivity contribution < 1.29 is 0 Å². The highest BCUT2D eigenvalue weighted by atomic mass is 15.3. The molecule has 2 N–H and O–H groups in total. The average Bonchev–Trinajstić information content (AvgIpc) is 2.47. The second-order valence-corrected chi connectivity index (χ2v) is 5.06. The molecule has 1 aromatic heterocycles. The summed E-state index contributed by atoms with van der Waals surface area (Å²) >= 11 is 0. The van der Waals surface area contributed by atoms with Crippen molar-refractivity contribution in [2.75, 3.05) is 0 Å². The van der Waals surface area contributed by atoms with Crippen LogP contribution in [-0.2, 0) is 7.05 Å². The van der Waals surface area contributed by atoms with E-state index in [4.69, 9.17) is 5.73 Å². The van der Waals surface area contributed by atoms with Gasteiger partial charge in [0.2, 0.25) is 0 Å². The third-order valence-corrected chi connectivity index (χ3v) is 3.11. The van der Waals surface area contributed by atoms with E-state index in [1.165, 1.54) is 0 Å². The maximum atomic E-state index is 6.21. The Morgan fingerprint density at radius 3 is 2.36 bits per heavy atom. The van der Waals surface area contributed by atoms with Gasteiger partial charge in [0.25, 0.3) is 0 Å². The fraction of sp³-hybridized carbons (Fsp3) is 0.727. The van der Waals surface area contributed by atoms with E-state index in [2.05, 4.69) is 32.8 Å². The SMILES string of the molecule is CC(C(N)c1ccnn1C)C(C)(C)C. The van der Waals surface area contributed by atoms with Gasteiger partial charge < -0.3 is 5.73 Å². The van der Waals surface area contributed by atoms with Crippen LogP contribution in [0, 0.1) is 11.3 Å². The van der Waals surface area contributed by atoms with Crippen molar-refractivity contribution in [1.82, 2.24) is 9.78 Å². The van der Waals surface area contributed by atoms with Crippen molar-refractivity contribution in [3.05, 3.63) is 18.0 Å². The van der Waals surface area contributed by atoms with Crippen LogP contribution >= 0.6 is 0 Å². The molecule has 0 saturated heterocycles. The topological polar surface area (TPSA) is 43.8 Å². The van der Waals surface area contributed by atoms with Crippen molar-refractivity contribution in [1.29, 1.82) is 0 Å². The Hall–Kier alpha value is -0.830. The molecule has 0 amide bonds. The Morgan fingerprint density at radius 1 is 1.43 bits per heavy atom. The average molecular weight is 195 g/mol. The molecule has 0 spiro atoms. The molecule has 0 aliphatic carbocycles. The minimum Gasteiger partial charge on any atom is -0.322 e.